The maximum atomic E-state index is 12.5. The van der Waals surface area contributed by atoms with Gasteiger partial charge in [-0.25, -0.2) is 0 Å². The number of hydrogen-bond acceptors (Lipinski definition) is 3. The molecule has 0 unspecified atom stereocenters. The minimum absolute atomic E-state index is 0.0252. The van der Waals surface area contributed by atoms with Gasteiger partial charge in [0, 0.05) is 18.5 Å². The van der Waals surface area contributed by atoms with Gasteiger partial charge in [0.1, 0.15) is 5.75 Å². The minimum Gasteiger partial charge on any atom is -0.506 e. The second kappa shape index (κ2) is 5.44. The van der Waals surface area contributed by atoms with E-state index in [1.165, 1.54) is 4.90 Å². The summed E-state index contributed by atoms with van der Waals surface area (Å²) in [5.41, 5.74) is 0.239. The predicted octanol–water partition coefficient (Wildman–Crippen LogP) is 1.51. The zero-order valence-corrected chi connectivity index (χ0v) is 11.5. The van der Waals surface area contributed by atoms with Crippen LogP contribution in [0, 0.1) is 0 Å². The number of benzene rings is 2. The third-order valence-corrected chi connectivity index (χ3v) is 3.68. The standard InChI is InChI=1S/C16H16N2O3/c19-14-10-18(9-3-8-17-14)16(21)13-7-6-11-4-1-2-5-12(11)15(13)20/h1-2,4-7,20H,3,8-10H2,(H,17,19). The highest BCUT2D eigenvalue weighted by atomic mass is 16.3. The summed E-state index contributed by atoms with van der Waals surface area (Å²) in [7, 11) is 0. The van der Waals surface area contributed by atoms with Crippen LogP contribution in [0.1, 0.15) is 16.8 Å². The zero-order valence-electron chi connectivity index (χ0n) is 11.5. The first-order valence-electron chi connectivity index (χ1n) is 6.93. The number of carbonyl (C=O) groups is 2. The van der Waals surface area contributed by atoms with Crippen LogP contribution >= 0.6 is 0 Å². The second-order valence-electron chi connectivity index (χ2n) is 5.11. The molecule has 0 aromatic heterocycles. The average Bonchev–Trinajstić information content (AvgIpc) is 2.72. The summed E-state index contributed by atoms with van der Waals surface area (Å²) in [5, 5.41) is 14.6. The molecule has 1 fully saturated rings. The van der Waals surface area contributed by atoms with Crippen molar-refractivity contribution in [3.63, 3.8) is 0 Å². The van der Waals surface area contributed by atoms with Crippen LogP contribution in [0.5, 0.6) is 5.75 Å². The van der Waals surface area contributed by atoms with Gasteiger partial charge in [0.05, 0.1) is 12.1 Å². The van der Waals surface area contributed by atoms with Crippen molar-refractivity contribution in [3.8, 4) is 5.75 Å². The molecule has 1 saturated heterocycles. The van der Waals surface area contributed by atoms with Gasteiger partial charge in [0.2, 0.25) is 5.91 Å². The van der Waals surface area contributed by atoms with Crippen molar-refractivity contribution in [2.75, 3.05) is 19.6 Å². The summed E-state index contributed by atoms with van der Waals surface area (Å²) in [6.45, 7) is 1.11. The van der Waals surface area contributed by atoms with Crippen LogP contribution in [0.3, 0.4) is 0 Å². The number of hydrogen-bond donors (Lipinski definition) is 2. The summed E-state index contributed by atoms with van der Waals surface area (Å²) in [5.74, 6) is -0.501. The molecule has 21 heavy (non-hydrogen) atoms. The Hall–Kier alpha value is -2.56. The van der Waals surface area contributed by atoms with Gasteiger partial charge in [-0.05, 0) is 17.9 Å². The summed E-state index contributed by atoms with van der Waals surface area (Å²) < 4.78 is 0. The summed E-state index contributed by atoms with van der Waals surface area (Å²) in [6.07, 6.45) is 0.714. The molecule has 1 aliphatic rings. The number of aromatic hydroxyl groups is 1. The Labute approximate surface area is 122 Å². The zero-order chi connectivity index (χ0) is 14.8. The summed E-state index contributed by atoms with van der Waals surface area (Å²) >= 11 is 0. The average molecular weight is 284 g/mol. The Morgan fingerprint density at radius 1 is 1.19 bits per heavy atom. The first kappa shape index (κ1) is 13.4. The lowest BCUT2D eigenvalue weighted by molar-refractivity contribution is -0.121. The van der Waals surface area contributed by atoms with Gasteiger partial charge in [0.15, 0.2) is 0 Å². The second-order valence-corrected chi connectivity index (χ2v) is 5.11. The number of fused-ring (bicyclic) bond motifs is 1. The van der Waals surface area contributed by atoms with Crippen molar-refractivity contribution < 1.29 is 14.7 Å². The molecule has 3 rings (SSSR count). The molecule has 0 atom stereocenters. The third kappa shape index (κ3) is 2.54. The summed E-state index contributed by atoms with van der Waals surface area (Å²) in [4.78, 5) is 25.6. The molecular weight excluding hydrogens is 268 g/mol. The Kier molecular flexibility index (Phi) is 3.48. The molecule has 2 aromatic carbocycles. The van der Waals surface area contributed by atoms with Crippen LogP contribution in [0.25, 0.3) is 10.8 Å². The highest BCUT2D eigenvalue weighted by Gasteiger charge is 2.23. The van der Waals surface area contributed by atoms with Crippen molar-refractivity contribution in [3.05, 3.63) is 42.0 Å². The lowest BCUT2D eigenvalue weighted by atomic mass is 10.0. The fourth-order valence-corrected chi connectivity index (χ4v) is 2.58. The maximum absolute atomic E-state index is 12.5. The molecule has 2 amide bonds. The van der Waals surface area contributed by atoms with E-state index in [9.17, 15) is 14.7 Å². The normalized spacial score (nSPS) is 15.6. The number of nitrogens with one attached hydrogen (secondary N) is 1. The van der Waals surface area contributed by atoms with Gasteiger partial charge in [-0.1, -0.05) is 30.3 Å². The molecule has 1 aliphatic heterocycles. The highest BCUT2D eigenvalue weighted by molar-refractivity contribution is 6.04. The van der Waals surface area contributed by atoms with Gasteiger partial charge in [-0.3, -0.25) is 9.59 Å². The molecule has 1 heterocycles. The van der Waals surface area contributed by atoms with E-state index < -0.39 is 0 Å². The van der Waals surface area contributed by atoms with Gasteiger partial charge in [0.25, 0.3) is 5.91 Å². The largest absolute Gasteiger partial charge is 0.506 e. The number of rotatable bonds is 1. The topological polar surface area (TPSA) is 69.6 Å². The first-order valence-corrected chi connectivity index (χ1v) is 6.93. The molecule has 0 bridgehead atoms. The van der Waals surface area contributed by atoms with E-state index in [2.05, 4.69) is 5.32 Å². The van der Waals surface area contributed by atoms with Crippen LogP contribution in [-0.4, -0.2) is 41.5 Å². The summed E-state index contributed by atoms with van der Waals surface area (Å²) in [6, 6.07) is 10.8. The fraction of sp³-hybridized carbons (Fsp3) is 0.250. The van der Waals surface area contributed by atoms with Gasteiger partial charge in [-0.15, -0.1) is 0 Å². The molecular formula is C16H16N2O3. The number of phenolic OH excluding ortho intramolecular Hbond substituents is 1. The molecule has 2 N–H and O–H groups in total. The van der Waals surface area contributed by atoms with Gasteiger partial charge < -0.3 is 15.3 Å². The van der Waals surface area contributed by atoms with Crippen LogP contribution < -0.4 is 5.32 Å². The van der Waals surface area contributed by atoms with Crippen LogP contribution in [0.15, 0.2) is 36.4 Å². The monoisotopic (exact) mass is 284 g/mol. The lowest BCUT2D eigenvalue weighted by Gasteiger charge is -2.20. The van der Waals surface area contributed by atoms with E-state index in [-0.39, 0.29) is 29.7 Å². The smallest absolute Gasteiger partial charge is 0.258 e. The quantitative estimate of drug-likeness (QED) is 0.834. The fourth-order valence-electron chi connectivity index (χ4n) is 2.58. The predicted molar refractivity (Wildman–Crippen MR) is 79.1 cm³/mol. The molecule has 5 heteroatoms. The van der Waals surface area contributed by atoms with Crippen LogP contribution in [0.4, 0.5) is 0 Å². The molecule has 108 valence electrons. The van der Waals surface area contributed by atoms with Crippen LogP contribution in [-0.2, 0) is 4.79 Å². The third-order valence-electron chi connectivity index (χ3n) is 3.68. The lowest BCUT2D eigenvalue weighted by Crippen LogP contribution is -2.37. The van der Waals surface area contributed by atoms with E-state index in [0.29, 0.717) is 24.9 Å². The Balaban J connectivity index is 1.97. The van der Waals surface area contributed by atoms with Crippen LogP contribution in [0.2, 0.25) is 0 Å². The molecule has 2 aromatic rings. The van der Waals surface area contributed by atoms with Crippen molar-refractivity contribution in [2.24, 2.45) is 0 Å². The Bertz CT molecular complexity index is 712. The van der Waals surface area contributed by atoms with E-state index in [0.717, 1.165) is 5.39 Å². The molecule has 0 saturated carbocycles. The molecule has 5 nitrogen and oxygen atoms in total. The minimum atomic E-state index is -0.310. The van der Waals surface area contributed by atoms with E-state index in [1.54, 1.807) is 18.2 Å². The highest BCUT2D eigenvalue weighted by Crippen LogP contribution is 2.29. The van der Waals surface area contributed by atoms with Gasteiger partial charge in [-0.2, -0.15) is 0 Å². The van der Waals surface area contributed by atoms with Crippen molar-refractivity contribution in [1.82, 2.24) is 10.2 Å². The number of carbonyl (C=O) groups excluding carboxylic acids is 2. The van der Waals surface area contributed by atoms with E-state index in [4.69, 9.17) is 0 Å². The van der Waals surface area contributed by atoms with Crippen molar-refractivity contribution in [2.45, 2.75) is 6.42 Å². The first-order chi connectivity index (χ1) is 10.2. The van der Waals surface area contributed by atoms with Crippen molar-refractivity contribution >= 4 is 22.6 Å². The molecule has 0 spiro atoms. The van der Waals surface area contributed by atoms with Crippen molar-refractivity contribution in [1.29, 1.82) is 0 Å². The number of nitrogens with zero attached hydrogens (tertiary/aromatic N) is 1. The van der Waals surface area contributed by atoms with Gasteiger partial charge >= 0.3 is 0 Å². The SMILES string of the molecule is O=C1CN(C(=O)c2ccc3ccccc3c2O)CCCN1. The number of amides is 2. The van der Waals surface area contributed by atoms with E-state index >= 15 is 0 Å². The molecule has 0 aliphatic carbocycles. The van der Waals surface area contributed by atoms with E-state index in [1.807, 2.05) is 18.2 Å². The number of phenols is 1. The Morgan fingerprint density at radius 2 is 2.00 bits per heavy atom. The Morgan fingerprint density at radius 3 is 2.86 bits per heavy atom. The maximum Gasteiger partial charge on any atom is 0.258 e. The molecule has 0 radical (unpaired) electrons.